The van der Waals surface area contributed by atoms with E-state index in [0.29, 0.717) is 12.2 Å². The highest BCUT2D eigenvalue weighted by molar-refractivity contribution is 7.89. The number of halogens is 1. The van der Waals surface area contributed by atoms with Crippen molar-refractivity contribution in [3.05, 3.63) is 71.8 Å². The first-order chi connectivity index (χ1) is 14.3. The average Bonchev–Trinajstić information content (AvgIpc) is 3.07. The third kappa shape index (κ3) is 4.39. The smallest absolute Gasteiger partial charge is 0.238 e. The van der Waals surface area contributed by atoms with Crippen LogP contribution in [0.3, 0.4) is 0 Å². The Morgan fingerprint density at radius 1 is 1.17 bits per heavy atom. The highest BCUT2D eigenvalue weighted by atomic mass is 32.2. The molecule has 5 N–H and O–H groups in total. The van der Waals surface area contributed by atoms with Crippen LogP contribution in [0.1, 0.15) is 11.3 Å². The van der Waals surface area contributed by atoms with Crippen LogP contribution in [0.5, 0.6) is 0 Å². The van der Waals surface area contributed by atoms with E-state index in [1.807, 2.05) is 25.1 Å². The highest BCUT2D eigenvalue weighted by Gasteiger charge is 2.11. The number of nitrogens with two attached hydrogens (primary N) is 1. The summed E-state index contributed by atoms with van der Waals surface area (Å²) < 4.78 is 37.2. The van der Waals surface area contributed by atoms with Crippen molar-refractivity contribution in [3.63, 3.8) is 0 Å². The maximum Gasteiger partial charge on any atom is 0.238 e. The molecule has 154 valence electrons. The van der Waals surface area contributed by atoms with Crippen molar-refractivity contribution in [3.8, 4) is 0 Å². The summed E-state index contributed by atoms with van der Waals surface area (Å²) in [6.45, 7) is 2.35. The number of sulfonamides is 1. The molecule has 0 spiro atoms. The minimum atomic E-state index is -3.84. The number of nitrogens with one attached hydrogen (secondary N) is 3. The summed E-state index contributed by atoms with van der Waals surface area (Å²) in [5.41, 5.74) is 3.44. The Balaban J connectivity index is 1.51. The Bertz CT molecular complexity index is 1340. The standard InChI is InChI=1S/C20H19FN6O2S/c1-12-7-14-6-5-13(8-18(14)25-12)10-23-19-17(21)11-24-20(27-19)26-15-3-2-4-16(9-15)30(22,28)29/h2-9,11,25H,10H2,1H3,(H2,22,28,29)(H2,23,24,26,27). The van der Waals surface area contributed by atoms with Crippen LogP contribution < -0.4 is 15.8 Å². The van der Waals surface area contributed by atoms with Gasteiger partial charge in [-0.05, 0) is 48.2 Å². The molecule has 0 aliphatic carbocycles. The fourth-order valence-corrected chi connectivity index (χ4v) is 3.61. The molecule has 8 nitrogen and oxygen atoms in total. The van der Waals surface area contributed by atoms with E-state index in [4.69, 9.17) is 5.14 Å². The SMILES string of the molecule is Cc1cc2ccc(CNc3nc(Nc4cccc(S(N)(=O)=O)c4)ncc3F)cc2[nH]1. The van der Waals surface area contributed by atoms with Gasteiger partial charge in [0.15, 0.2) is 11.6 Å². The van der Waals surface area contributed by atoms with E-state index in [1.165, 1.54) is 18.2 Å². The molecule has 0 unspecified atom stereocenters. The molecule has 0 saturated carbocycles. The minimum Gasteiger partial charge on any atom is -0.363 e. The monoisotopic (exact) mass is 426 g/mol. The van der Waals surface area contributed by atoms with Crippen molar-refractivity contribution >= 4 is 38.4 Å². The number of benzene rings is 2. The third-order valence-corrected chi connectivity index (χ3v) is 5.36. The second-order valence-corrected chi connectivity index (χ2v) is 8.38. The number of aromatic amines is 1. The number of hydrogen-bond donors (Lipinski definition) is 4. The highest BCUT2D eigenvalue weighted by Crippen LogP contribution is 2.21. The molecule has 0 aliphatic heterocycles. The maximum atomic E-state index is 14.2. The maximum absolute atomic E-state index is 14.2. The zero-order valence-corrected chi connectivity index (χ0v) is 16.8. The molecule has 0 saturated heterocycles. The van der Waals surface area contributed by atoms with Gasteiger partial charge in [0.2, 0.25) is 16.0 Å². The lowest BCUT2D eigenvalue weighted by Crippen LogP contribution is -2.12. The molecule has 10 heteroatoms. The predicted molar refractivity (Wildman–Crippen MR) is 113 cm³/mol. The predicted octanol–water partition coefficient (Wildman–Crippen LogP) is 3.41. The van der Waals surface area contributed by atoms with E-state index in [1.54, 1.807) is 6.07 Å². The summed E-state index contributed by atoms with van der Waals surface area (Å²) in [4.78, 5) is 11.3. The number of hydrogen-bond acceptors (Lipinski definition) is 6. The van der Waals surface area contributed by atoms with Gasteiger partial charge in [-0.1, -0.05) is 18.2 Å². The Labute approximate surface area is 172 Å². The number of rotatable bonds is 6. The first-order valence-corrected chi connectivity index (χ1v) is 10.6. The fourth-order valence-electron chi connectivity index (χ4n) is 3.05. The molecular formula is C20H19FN6O2S. The van der Waals surface area contributed by atoms with Gasteiger partial charge in [-0.2, -0.15) is 4.98 Å². The summed E-state index contributed by atoms with van der Waals surface area (Å²) in [7, 11) is -3.84. The molecule has 0 atom stereocenters. The van der Waals surface area contributed by atoms with Crippen LogP contribution in [-0.2, 0) is 16.6 Å². The Kier molecular flexibility index (Phi) is 5.10. The summed E-state index contributed by atoms with van der Waals surface area (Å²) in [5, 5.41) is 12.1. The van der Waals surface area contributed by atoms with Gasteiger partial charge in [-0.15, -0.1) is 0 Å². The first-order valence-electron chi connectivity index (χ1n) is 9.02. The molecule has 2 aromatic heterocycles. The topological polar surface area (TPSA) is 126 Å². The van der Waals surface area contributed by atoms with E-state index < -0.39 is 15.8 Å². The van der Waals surface area contributed by atoms with Crippen LogP contribution >= 0.6 is 0 Å². The lowest BCUT2D eigenvalue weighted by Gasteiger charge is -2.10. The van der Waals surface area contributed by atoms with Crippen LogP contribution in [0.15, 0.2) is 59.6 Å². The average molecular weight is 426 g/mol. The van der Waals surface area contributed by atoms with E-state index >= 15 is 0 Å². The van der Waals surface area contributed by atoms with Crippen molar-refractivity contribution in [1.82, 2.24) is 15.0 Å². The van der Waals surface area contributed by atoms with Crippen LogP contribution in [0.4, 0.5) is 21.8 Å². The Morgan fingerprint density at radius 2 is 2.00 bits per heavy atom. The Hall–Kier alpha value is -3.50. The van der Waals surface area contributed by atoms with Crippen LogP contribution in [0, 0.1) is 12.7 Å². The molecule has 0 amide bonds. The van der Waals surface area contributed by atoms with Gasteiger partial charge in [-0.25, -0.2) is 22.9 Å². The molecular weight excluding hydrogens is 407 g/mol. The molecule has 30 heavy (non-hydrogen) atoms. The van der Waals surface area contributed by atoms with Gasteiger partial charge in [0.25, 0.3) is 0 Å². The van der Waals surface area contributed by atoms with Gasteiger partial charge in [0.05, 0.1) is 11.1 Å². The molecule has 4 aromatic rings. The van der Waals surface area contributed by atoms with Gasteiger partial charge in [0.1, 0.15) is 0 Å². The summed E-state index contributed by atoms with van der Waals surface area (Å²) >= 11 is 0. The molecule has 2 aromatic carbocycles. The van der Waals surface area contributed by atoms with E-state index in [2.05, 4.69) is 31.7 Å². The van der Waals surface area contributed by atoms with Gasteiger partial charge in [0, 0.05) is 23.4 Å². The minimum absolute atomic E-state index is 0.0258. The van der Waals surface area contributed by atoms with Gasteiger partial charge in [-0.3, -0.25) is 0 Å². The van der Waals surface area contributed by atoms with Gasteiger partial charge >= 0.3 is 0 Å². The van der Waals surface area contributed by atoms with Gasteiger partial charge < -0.3 is 15.6 Å². The lowest BCUT2D eigenvalue weighted by molar-refractivity contribution is 0.598. The molecule has 0 bridgehead atoms. The first kappa shape index (κ1) is 19.8. The van der Waals surface area contributed by atoms with E-state index in [9.17, 15) is 12.8 Å². The number of aryl methyl sites for hydroxylation is 1. The summed E-state index contributed by atoms with van der Waals surface area (Å²) in [5.74, 6) is -0.464. The molecule has 2 heterocycles. The van der Waals surface area contributed by atoms with Crippen LogP contribution in [0.25, 0.3) is 10.9 Å². The van der Waals surface area contributed by atoms with Crippen molar-refractivity contribution in [2.45, 2.75) is 18.4 Å². The molecule has 0 fully saturated rings. The second-order valence-electron chi connectivity index (χ2n) is 6.82. The quantitative estimate of drug-likeness (QED) is 0.374. The van der Waals surface area contributed by atoms with Crippen LogP contribution in [0.2, 0.25) is 0 Å². The summed E-state index contributed by atoms with van der Waals surface area (Å²) in [6.07, 6.45) is 1.04. The van der Waals surface area contributed by atoms with Crippen molar-refractivity contribution in [1.29, 1.82) is 0 Å². The molecule has 0 aliphatic rings. The lowest BCUT2D eigenvalue weighted by atomic mass is 10.1. The zero-order chi connectivity index (χ0) is 21.3. The summed E-state index contributed by atoms with van der Waals surface area (Å²) in [6, 6.07) is 13.9. The fraction of sp³-hybridized carbons (Fsp3) is 0.100. The largest absolute Gasteiger partial charge is 0.363 e. The number of H-pyrrole nitrogens is 1. The molecule has 0 radical (unpaired) electrons. The second kappa shape index (κ2) is 7.73. The Morgan fingerprint density at radius 3 is 2.80 bits per heavy atom. The normalized spacial score (nSPS) is 11.6. The number of aromatic nitrogens is 3. The number of fused-ring (bicyclic) bond motifs is 1. The third-order valence-electron chi connectivity index (χ3n) is 4.44. The number of primary sulfonamides is 1. The number of anilines is 3. The van der Waals surface area contributed by atoms with E-state index in [0.717, 1.165) is 28.4 Å². The van der Waals surface area contributed by atoms with Crippen molar-refractivity contribution < 1.29 is 12.8 Å². The number of nitrogens with zero attached hydrogens (tertiary/aromatic N) is 2. The van der Waals surface area contributed by atoms with Crippen LogP contribution in [-0.4, -0.2) is 23.4 Å². The van der Waals surface area contributed by atoms with Crippen molar-refractivity contribution in [2.75, 3.05) is 10.6 Å². The van der Waals surface area contributed by atoms with E-state index in [-0.39, 0.29) is 16.7 Å². The zero-order valence-electron chi connectivity index (χ0n) is 16.0. The molecule has 4 rings (SSSR count). The van der Waals surface area contributed by atoms with Crippen molar-refractivity contribution in [2.24, 2.45) is 5.14 Å².